The number of amides is 1. The van der Waals surface area contributed by atoms with Gasteiger partial charge in [-0.3, -0.25) is 4.79 Å². The molecule has 25 heavy (non-hydrogen) atoms. The van der Waals surface area contributed by atoms with Crippen LogP contribution < -0.4 is 10.6 Å². The second-order valence-corrected chi connectivity index (χ2v) is 8.39. The van der Waals surface area contributed by atoms with E-state index in [1.54, 1.807) is 13.0 Å². The molecule has 0 atom stereocenters. The molecule has 0 radical (unpaired) electrons. The summed E-state index contributed by atoms with van der Waals surface area (Å²) in [6, 6.07) is 9.23. The maximum Gasteiger partial charge on any atom is 0.243 e. The van der Waals surface area contributed by atoms with Gasteiger partial charge in [0.15, 0.2) is 9.84 Å². The number of hydrogen-bond donors (Lipinski definition) is 2. The number of carbonyl (C=O) groups excluding carboxylic acids is 1. The summed E-state index contributed by atoms with van der Waals surface area (Å²) in [6.45, 7) is 7.63. The lowest BCUT2D eigenvalue weighted by Gasteiger charge is -2.14. The molecule has 0 aliphatic heterocycles. The van der Waals surface area contributed by atoms with Gasteiger partial charge in [-0.2, -0.15) is 0 Å². The molecular weight excluding hydrogens is 336 g/mol. The second-order valence-electron chi connectivity index (χ2n) is 6.41. The minimum atomic E-state index is -3.32. The number of aryl methyl sites for hydroxylation is 3. The minimum absolute atomic E-state index is 0.0560. The van der Waals surface area contributed by atoms with Gasteiger partial charge >= 0.3 is 0 Å². The van der Waals surface area contributed by atoms with Crippen LogP contribution in [-0.2, 0) is 14.6 Å². The number of rotatable bonds is 5. The van der Waals surface area contributed by atoms with Crippen molar-refractivity contribution in [2.75, 3.05) is 23.4 Å². The third kappa shape index (κ3) is 4.82. The fourth-order valence-corrected chi connectivity index (χ4v) is 3.66. The predicted octanol–water partition coefficient (Wildman–Crippen LogP) is 3.37. The summed E-state index contributed by atoms with van der Waals surface area (Å²) in [5, 5.41) is 5.88. The maximum atomic E-state index is 12.2. The van der Waals surface area contributed by atoms with Gasteiger partial charge < -0.3 is 10.6 Å². The monoisotopic (exact) mass is 360 g/mol. The van der Waals surface area contributed by atoms with Gasteiger partial charge in [0.2, 0.25) is 5.91 Å². The van der Waals surface area contributed by atoms with Crippen LogP contribution in [0.2, 0.25) is 0 Å². The molecular formula is C19H24N2O3S. The van der Waals surface area contributed by atoms with Crippen molar-refractivity contribution in [2.24, 2.45) is 0 Å². The third-order valence-electron chi connectivity index (χ3n) is 4.13. The van der Waals surface area contributed by atoms with Crippen LogP contribution in [0.3, 0.4) is 0 Å². The van der Waals surface area contributed by atoms with Crippen molar-refractivity contribution >= 4 is 27.1 Å². The Balaban J connectivity index is 2.12. The van der Waals surface area contributed by atoms with Crippen LogP contribution >= 0.6 is 0 Å². The van der Waals surface area contributed by atoms with Crippen LogP contribution in [0.5, 0.6) is 0 Å². The van der Waals surface area contributed by atoms with E-state index in [9.17, 15) is 13.2 Å². The Labute approximate surface area is 149 Å². The molecule has 2 N–H and O–H groups in total. The lowest BCUT2D eigenvalue weighted by molar-refractivity contribution is -0.114. The number of nitrogens with one attached hydrogen (secondary N) is 2. The number of benzene rings is 2. The number of sulfone groups is 1. The van der Waals surface area contributed by atoms with E-state index in [-0.39, 0.29) is 17.3 Å². The summed E-state index contributed by atoms with van der Waals surface area (Å²) in [4.78, 5) is 12.5. The van der Waals surface area contributed by atoms with Gasteiger partial charge in [0.05, 0.1) is 11.4 Å². The van der Waals surface area contributed by atoms with Gasteiger partial charge in [0.1, 0.15) is 0 Å². The van der Waals surface area contributed by atoms with E-state index in [0.717, 1.165) is 16.8 Å². The molecule has 2 aromatic rings. The normalized spacial score (nSPS) is 11.2. The predicted molar refractivity (Wildman–Crippen MR) is 102 cm³/mol. The van der Waals surface area contributed by atoms with Crippen LogP contribution in [0.25, 0.3) is 0 Å². The zero-order valence-corrected chi connectivity index (χ0v) is 16.0. The van der Waals surface area contributed by atoms with Gasteiger partial charge in [0.25, 0.3) is 0 Å². The molecule has 0 aliphatic carbocycles. The average molecular weight is 360 g/mol. The first-order valence-corrected chi connectivity index (χ1v) is 9.89. The van der Waals surface area contributed by atoms with Gasteiger partial charge in [-0.1, -0.05) is 6.07 Å². The van der Waals surface area contributed by atoms with Crippen LogP contribution in [0.1, 0.15) is 22.3 Å². The Kier molecular flexibility index (Phi) is 5.52. The Morgan fingerprint density at radius 1 is 1.00 bits per heavy atom. The van der Waals surface area contributed by atoms with Gasteiger partial charge in [-0.05, 0) is 74.2 Å². The van der Waals surface area contributed by atoms with Gasteiger partial charge in [0, 0.05) is 17.6 Å². The molecule has 0 unspecified atom stereocenters. The summed E-state index contributed by atoms with van der Waals surface area (Å²) in [5.41, 5.74) is 5.11. The fraction of sp³-hybridized carbons (Fsp3) is 0.316. The average Bonchev–Trinajstić information content (AvgIpc) is 2.50. The highest BCUT2D eigenvalue weighted by atomic mass is 32.2. The summed E-state index contributed by atoms with van der Waals surface area (Å²) < 4.78 is 23.8. The minimum Gasteiger partial charge on any atom is -0.376 e. The molecule has 6 heteroatoms. The number of carbonyl (C=O) groups is 1. The van der Waals surface area contributed by atoms with Crippen molar-refractivity contribution in [3.8, 4) is 0 Å². The van der Waals surface area contributed by atoms with Crippen LogP contribution in [-0.4, -0.2) is 27.1 Å². The molecule has 0 saturated carbocycles. The lowest BCUT2D eigenvalue weighted by atomic mass is 10.1. The third-order valence-corrected chi connectivity index (χ3v) is 5.36. The second kappa shape index (κ2) is 7.27. The molecule has 0 spiro atoms. The first-order valence-electron chi connectivity index (χ1n) is 8.00. The molecule has 0 aliphatic rings. The van der Waals surface area contributed by atoms with Crippen LogP contribution in [0.4, 0.5) is 11.4 Å². The largest absolute Gasteiger partial charge is 0.376 e. The van der Waals surface area contributed by atoms with Crippen molar-refractivity contribution in [2.45, 2.75) is 32.6 Å². The molecule has 2 aromatic carbocycles. The topological polar surface area (TPSA) is 75.3 Å². The highest BCUT2D eigenvalue weighted by Gasteiger charge is 2.15. The molecule has 0 heterocycles. The van der Waals surface area contributed by atoms with E-state index in [2.05, 4.69) is 10.6 Å². The summed E-state index contributed by atoms with van der Waals surface area (Å²) in [5.74, 6) is -0.190. The first kappa shape index (κ1) is 19.0. The molecule has 1 amide bonds. The smallest absolute Gasteiger partial charge is 0.243 e. The van der Waals surface area contributed by atoms with E-state index < -0.39 is 9.84 Å². The fourth-order valence-electron chi connectivity index (χ4n) is 2.59. The molecule has 2 rings (SSSR count). The quantitative estimate of drug-likeness (QED) is 0.857. The molecule has 0 saturated heterocycles. The van der Waals surface area contributed by atoms with Crippen LogP contribution in [0, 0.1) is 27.7 Å². The Hall–Kier alpha value is -2.34. The zero-order valence-electron chi connectivity index (χ0n) is 15.2. The molecule has 134 valence electrons. The summed E-state index contributed by atoms with van der Waals surface area (Å²) >= 11 is 0. The first-order chi connectivity index (χ1) is 11.6. The van der Waals surface area contributed by atoms with Crippen molar-refractivity contribution < 1.29 is 13.2 Å². The highest BCUT2D eigenvalue weighted by molar-refractivity contribution is 7.90. The van der Waals surface area contributed by atoms with Crippen LogP contribution in [0.15, 0.2) is 35.2 Å². The van der Waals surface area contributed by atoms with Crippen molar-refractivity contribution in [1.82, 2.24) is 0 Å². The molecule has 0 fully saturated rings. The van der Waals surface area contributed by atoms with E-state index in [0.29, 0.717) is 11.3 Å². The highest BCUT2D eigenvalue weighted by Crippen LogP contribution is 2.25. The summed E-state index contributed by atoms with van der Waals surface area (Å²) in [6.07, 6.45) is 1.19. The molecule has 0 bridgehead atoms. The molecule has 0 aromatic heterocycles. The van der Waals surface area contributed by atoms with E-state index >= 15 is 0 Å². The SMILES string of the molecule is Cc1cc(NCC(=O)Nc2ccc(C)c(C)c2)c(C)c(S(C)(=O)=O)c1. The standard InChI is InChI=1S/C19H24N2O3S/c1-12-8-17(15(4)18(9-12)25(5,23)24)20-11-19(22)21-16-7-6-13(2)14(3)10-16/h6-10,20H,11H2,1-5H3,(H,21,22). The van der Waals surface area contributed by atoms with Crippen molar-refractivity contribution in [3.05, 3.63) is 52.6 Å². The van der Waals surface area contributed by atoms with Gasteiger partial charge in [-0.25, -0.2) is 8.42 Å². The summed E-state index contributed by atoms with van der Waals surface area (Å²) in [7, 11) is -3.32. The van der Waals surface area contributed by atoms with E-state index in [1.807, 2.05) is 45.0 Å². The van der Waals surface area contributed by atoms with Crippen molar-refractivity contribution in [1.29, 1.82) is 0 Å². The van der Waals surface area contributed by atoms with Gasteiger partial charge in [-0.15, -0.1) is 0 Å². The number of hydrogen-bond acceptors (Lipinski definition) is 4. The van der Waals surface area contributed by atoms with E-state index in [4.69, 9.17) is 0 Å². The Morgan fingerprint density at radius 2 is 1.68 bits per heavy atom. The number of anilines is 2. The van der Waals surface area contributed by atoms with E-state index in [1.165, 1.54) is 11.8 Å². The molecule has 5 nitrogen and oxygen atoms in total. The Morgan fingerprint density at radius 3 is 2.28 bits per heavy atom. The maximum absolute atomic E-state index is 12.2. The lowest BCUT2D eigenvalue weighted by Crippen LogP contribution is -2.22. The zero-order chi connectivity index (χ0) is 18.8. The van der Waals surface area contributed by atoms with Crippen molar-refractivity contribution in [3.63, 3.8) is 0 Å². The Bertz CT molecular complexity index is 919.